The Hall–Kier alpha value is -1.11. The lowest BCUT2D eigenvalue weighted by atomic mass is 10.1. The van der Waals surface area contributed by atoms with Crippen molar-refractivity contribution in [1.82, 2.24) is 10.1 Å². The van der Waals surface area contributed by atoms with Crippen molar-refractivity contribution in [1.29, 1.82) is 0 Å². The topological polar surface area (TPSA) is 64.9 Å². The van der Waals surface area contributed by atoms with Crippen molar-refractivity contribution < 1.29 is 17.7 Å². The summed E-state index contributed by atoms with van der Waals surface area (Å²) in [6, 6.07) is -0.175. The summed E-state index contributed by atoms with van der Waals surface area (Å²) in [5.74, 6) is -0.881. The van der Waals surface area contributed by atoms with Crippen molar-refractivity contribution in [2.45, 2.75) is 31.5 Å². The molecule has 1 atom stereocenters. The second-order valence-corrected chi connectivity index (χ2v) is 3.71. The van der Waals surface area contributed by atoms with Gasteiger partial charge in [-0.1, -0.05) is 5.16 Å². The molecule has 2 rings (SSSR count). The minimum absolute atomic E-state index is 0.0401. The van der Waals surface area contributed by atoms with Crippen LogP contribution < -0.4 is 5.73 Å². The van der Waals surface area contributed by atoms with Crippen LogP contribution in [0.25, 0.3) is 0 Å². The van der Waals surface area contributed by atoms with E-state index in [1.165, 1.54) is 0 Å². The second kappa shape index (κ2) is 3.48. The lowest BCUT2D eigenvalue weighted by Gasteiger charge is -2.04. The van der Waals surface area contributed by atoms with E-state index in [9.17, 15) is 13.2 Å². The zero-order chi connectivity index (χ0) is 11.1. The van der Waals surface area contributed by atoms with E-state index < -0.39 is 12.0 Å². The van der Waals surface area contributed by atoms with Crippen LogP contribution >= 0.6 is 0 Å². The van der Waals surface area contributed by atoms with Crippen molar-refractivity contribution >= 4 is 0 Å². The van der Waals surface area contributed by atoms with Gasteiger partial charge in [0.1, 0.15) is 0 Å². The molecule has 1 saturated carbocycles. The highest BCUT2D eigenvalue weighted by atomic mass is 19.4. The maximum Gasteiger partial charge on any atom is 0.455 e. The van der Waals surface area contributed by atoms with Gasteiger partial charge in [0.05, 0.1) is 0 Å². The van der Waals surface area contributed by atoms with Gasteiger partial charge in [0.2, 0.25) is 5.89 Å². The Bertz CT molecular complexity index is 345. The van der Waals surface area contributed by atoms with Crippen LogP contribution in [-0.4, -0.2) is 16.2 Å². The van der Waals surface area contributed by atoms with E-state index in [0.29, 0.717) is 5.92 Å². The molecule has 0 bridgehead atoms. The maximum atomic E-state index is 12.1. The zero-order valence-electron chi connectivity index (χ0n) is 7.79. The summed E-state index contributed by atoms with van der Waals surface area (Å²) < 4.78 is 40.8. The molecule has 1 aromatic rings. The summed E-state index contributed by atoms with van der Waals surface area (Å²) in [4.78, 5) is 3.25. The van der Waals surface area contributed by atoms with Crippen molar-refractivity contribution in [3.8, 4) is 0 Å². The summed E-state index contributed by atoms with van der Waals surface area (Å²) in [6.45, 7) is 0. The molecule has 0 radical (unpaired) electrons. The van der Waals surface area contributed by atoms with E-state index in [1.807, 2.05) is 0 Å². The monoisotopic (exact) mass is 221 g/mol. The highest BCUT2D eigenvalue weighted by molar-refractivity contribution is 4.95. The molecule has 1 heterocycles. The van der Waals surface area contributed by atoms with Crippen LogP contribution in [0.4, 0.5) is 13.2 Å². The molecule has 7 heteroatoms. The molecule has 0 aromatic carbocycles. The number of hydrogen-bond donors (Lipinski definition) is 1. The molecule has 0 amide bonds. The predicted octanol–water partition coefficient (Wildman–Crippen LogP) is 1.37. The lowest BCUT2D eigenvalue weighted by Crippen LogP contribution is -2.25. The molecule has 1 fully saturated rings. The molecular weight excluding hydrogens is 211 g/mol. The van der Waals surface area contributed by atoms with Crippen molar-refractivity contribution in [2.75, 3.05) is 0 Å². The quantitative estimate of drug-likeness (QED) is 0.837. The van der Waals surface area contributed by atoms with Gasteiger partial charge in [-0.05, 0) is 18.8 Å². The summed E-state index contributed by atoms with van der Waals surface area (Å²) in [6.07, 6.45) is -2.28. The number of nitrogens with zero attached hydrogens (tertiary/aromatic N) is 2. The molecular formula is C8H10F3N3O. The summed E-state index contributed by atoms with van der Waals surface area (Å²) in [5, 5.41) is 2.85. The Balaban J connectivity index is 2.00. The van der Waals surface area contributed by atoms with Gasteiger partial charge in [0.25, 0.3) is 5.82 Å². The predicted molar refractivity (Wildman–Crippen MR) is 43.7 cm³/mol. The normalized spacial score (nSPS) is 19.2. The van der Waals surface area contributed by atoms with Gasteiger partial charge in [0, 0.05) is 12.5 Å². The van der Waals surface area contributed by atoms with Crippen molar-refractivity contribution in [3.05, 3.63) is 11.7 Å². The summed E-state index contributed by atoms with van der Waals surface area (Å²) in [7, 11) is 0. The standard InChI is InChI=1S/C8H10F3N3O/c9-8(10,11)7-13-6(15-14-7)3-5(12)4-1-2-4/h4-5H,1-3,12H2. The third-order valence-corrected chi connectivity index (χ3v) is 2.36. The SMILES string of the molecule is NC(Cc1nc(C(F)(F)F)no1)C1CC1. The molecule has 1 unspecified atom stereocenters. The number of halogens is 3. The fourth-order valence-electron chi connectivity index (χ4n) is 1.35. The number of nitrogens with two attached hydrogens (primary N) is 1. The second-order valence-electron chi connectivity index (χ2n) is 3.71. The summed E-state index contributed by atoms with van der Waals surface area (Å²) in [5.41, 5.74) is 5.72. The van der Waals surface area contributed by atoms with Gasteiger partial charge in [-0.15, -0.1) is 0 Å². The first-order valence-electron chi connectivity index (χ1n) is 4.62. The Labute approximate surface area is 83.6 Å². The number of rotatable bonds is 3. The fourth-order valence-corrected chi connectivity index (χ4v) is 1.35. The molecule has 0 spiro atoms. The van der Waals surface area contributed by atoms with Gasteiger partial charge < -0.3 is 10.3 Å². The van der Waals surface area contributed by atoms with Crippen molar-refractivity contribution in [2.24, 2.45) is 11.7 Å². The third kappa shape index (κ3) is 2.47. The first-order chi connectivity index (χ1) is 6.97. The minimum Gasteiger partial charge on any atom is -0.339 e. The average molecular weight is 221 g/mol. The molecule has 2 N–H and O–H groups in total. The largest absolute Gasteiger partial charge is 0.455 e. The smallest absolute Gasteiger partial charge is 0.339 e. The van der Waals surface area contributed by atoms with E-state index in [0.717, 1.165) is 12.8 Å². The molecule has 1 aromatic heterocycles. The molecule has 4 nitrogen and oxygen atoms in total. The summed E-state index contributed by atoms with van der Waals surface area (Å²) >= 11 is 0. The van der Waals surface area contributed by atoms with Crippen LogP contribution in [-0.2, 0) is 12.6 Å². The van der Waals surface area contributed by atoms with Crippen LogP contribution in [0.1, 0.15) is 24.6 Å². The number of aromatic nitrogens is 2. The van der Waals surface area contributed by atoms with E-state index in [2.05, 4.69) is 14.7 Å². The minimum atomic E-state index is -4.55. The Morgan fingerprint density at radius 1 is 1.47 bits per heavy atom. The Morgan fingerprint density at radius 3 is 2.60 bits per heavy atom. The number of hydrogen-bond acceptors (Lipinski definition) is 4. The van der Waals surface area contributed by atoms with E-state index in [-0.39, 0.29) is 18.4 Å². The first kappa shape index (κ1) is 10.4. The van der Waals surface area contributed by atoms with Crippen LogP contribution in [0.5, 0.6) is 0 Å². The highest BCUT2D eigenvalue weighted by Gasteiger charge is 2.38. The lowest BCUT2D eigenvalue weighted by molar-refractivity contribution is -0.146. The third-order valence-electron chi connectivity index (χ3n) is 2.36. The van der Waals surface area contributed by atoms with E-state index >= 15 is 0 Å². The van der Waals surface area contributed by atoms with Gasteiger partial charge in [-0.25, -0.2) is 0 Å². The molecule has 1 aliphatic carbocycles. The number of alkyl halides is 3. The highest BCUT2D eigenvalue weighted by Crippen LogP contribution is 2.33. The molecule has 84 valence electrons. The van der Waals surface area contributed by atoms with E-state index in [1.54, 1.807) is 0 Å². The molecule has 0 saturated heterocycles. The zero-order valence-corrected chi connectivity index (χ0v) is 7.79. The maximum absolute atomic E-state index is 12.1. The average Bonchev–Trinajstić information content (AvgIpc) is 2.86. The fraction of sp³-hybridized carbons (Fsp3) is 0.750. The Morgan fingerprint density at radius 2 is 2.13 bits per heavy atom. The van der Waals surface area contributed by atoms with Gasteiger partial charge >= 0.3 is 6.18 Å². The molecule has 15 heavy (non-hydrogen) atoms. The van der Waals surface area contributed by atoms with Gasteiger partial charge in [-0.3, -0.25) is 0 Å². The van der Waals surface area contributed by atoms with Gasteiger partial charge in [0.15, 0.2) is 0 Å². The van der Waals surface area contributed by atoms with Crippen LogP contribution in [0.2, 0.25) is 0 Å². The van der Waals surface area contributed by atoms with Crippen LogP contribution in [0, 0.1) is 5.92 Å². The van der Waals surface area contributed by atoms with E-state index in [4.69, 9.17) is 5.73 Å². The first-order valence-corrected chi connectivity index (χ1v) is 4.62. The van der Waals surface area contributed by atoms with Crippen molar-refractivity contribution in [3.63, 3.8) is 0 Å². The molecule has 1 aliphatic rings. The van der Waals surface area contributed by atoms with Crippen LogP contribution in [0.15, 0.2) is 4.52 Å². The Kier molecular flexibility index (Phi) is 2.41. The van der Waals surface area contributed by atoms with Gasteiger partial charge in [-0.2, -0.15) is 18.2 Å². The molecule has 0 aliphatic heterocycles. The van der Waals surface area contributed by atoms with Crippen LogP contribution in [0.3, 0.4) is 0 Å².